The molecule has 0 amide bonds. The van der Waals surface area contributed by atoms with Crippen molar-refractivity contribution in [3.8, 4) is 0 Å². The second-order valence-electron chi connectivity index (χ2n) is 4.37. The maximum Gasteiger partial charge on any atom is 0.259 e. The van der Waals surface area contributed by atoms with E-state index >= 15 is 0 Å². The largest absolute Gasteiger partial charge is 0.305 e. The molecule has 0 atom stereocenters. The van der Waals surface area contributed by atoms with Crippen LogP contribution < -0.4 is 5.56 Å². The van der Waals surface area contributed by atoms with Crippen molar-refractivity contribution < 1.29 is 0 Å². The zero-order valence-corrected chi connectivity index (χ0v) is 12.3. The molecule has 100 valence electrons. The Morgan fingerprint density at radius 2 is 2.10 bits per heavy atom. The number of benzene rings is 1. The summed E-state index contributed by atoms with van der Waals surface area (Å²) >= 11 is 7.90. The third-order valence-electron chi connectivity index (χ3n) is 2.87. The van der Waals surface area contributed by atoms with Crippen LogP contribution in [0.25, 0.3) is 22.0 Å². The summed E-state index contributed by atoms with van der Waals surface area (Å²) in [6, 6.07) is 11.2. The van der Waals surface area contributed by atoms with Gasteiger partial charge in [-0.3, -0.25) is 4.79 Å². The van der Waals surface area contributed by atoms with Crippen molar-refractivity contribution >= 4 is 44.9 Å². The van der Waals surface area contributed by atoms with Crippen LogP contribution in [0.5, 0.6) is 0 Å². The molecule has 0 unspecified atom stereocenters. The van der Waals surface area contributed by atoms with Crippen molar-refractivity contribution in [1.82, 2.24) is 9.97 Å². The lowest BCUT2D eigenvalue weighted by Crippen LogP contribution is -2.10. The van der Waals surface area contributed by atoms with E-state index < -0.39 is 0 Å². The van der Waals surface area contributed by atoms with E-state index in [1.54, 1.807) is 23.5 Å². The lowest BCUT2D eigenvalue weighted by molar-refractivity contribution is 1.14. The first-order valence-electron chi connectivity index (χ1n) is 6.06. The first kappa shape index (κ1) is 13.1. The fraction of sp³-hybridized carbons (Fsp3) is 0.0667. The number of nitrogens with one attached hydrogen (secondary N) is 1. The first-order valence-corrected chi connectivity index (χ1v) is 7.26. The molecule has 2 heterocycles. The first-order chi connectivity index (χ1) is 9.63. The highest BCUT2D eigenvalue weighted by molar-refractivity contribution is 7.12. The highest BCUT2D eigenvalue weighted by Gasteiger charge is 2.06. The van der Waals surface area contributed by atoms with E-state index in [-0.39, 0.29) is 5.56 Å². The van der Waals surface area contributed by atoms with Crippen LogP contribution in [0.4, 0.5) is 0 Å². The maximum atomic E-state index is 12.0. The van der Waals surface area contributed by atoms with Gasteiger partial charge in [0.15, 0.2) is 5.82 Å². The number of aromatic amines is 1. The maximum absolute atomic E-state index is 12.0. The van der Waals surface area contributed by atoms with Crippen LogP contribution in [-0.4, -0.2) is 9.97 Å². The smallest absolute Gasteiger partial charge is 0.259 e. The Morgan fingerprint density at radius 3 is 2.85 bits per heavy atom. The van der Waals surface area contributed by atoms with E-state index in [1.807, 2.05) is 37.3 Å². The number of fused-ring (bicyclic) bond motifs is 1. The summed E-state index contributed by atoms with van der Waals surface area (Å²) in [4.78, 5) is 21.3. The number of rotatable bonds is 2. The van der Waals surface area contributed by atoms with Gasteiger partial charge in [0.1, 0.15) is 0 Å². The van der Waals surface area contributed by atoms with Crippen LogP contribution >= 0.6 is 22.9 Å². The fourth-order valence-corrected chi connectivity index (χ4v) is 3.02. The Kier molecular flexibility index (Phi) is 3.42. The van der Waals surface area contributed by atoms with Crippen LogP contribution in [0.2, 0.25) is 0 Å². The molecule has 3 nitrogen and oxygen atoms in total. The summed E-state index contributed by atoms with van der Waals surface area (Å²) in [6.07, 6.45) is 1.81. The lowest BCUT2D eigenvalue weighted by Gasteiger charge is -2.01. The Balaban J connectivity index is 2.10. The third-order valence-corrected chi connectivity index (χ3v) is 4.11. The topological polar surface area (TPSA) is 45.8 Å². The number of H-pyrrole nitrogens is 1. The number of hydrogen-bond acceptors (Lipinski definition) is 3. The molecule has 1 aromatic carbocycles. The zero-order valence-electron chi connectivity index (χ0n) is 10.7. The predicted molar refractivity (Wildman–Crippen MR) is 85.1 cm³/mol. The fourth-order valence-electron chi connectivity index (χ4n) is 1.92. The van der Waals surface area contributed by atoms with E-state index in [2.05, 4.69) is 9.97 Å². The molecule has 0 aliphatic heterocycles. The van der Waals surface area contributed by atoms with Gasteiger partial charge < -0.3 is 4.98 Å². The summed E-state index contributed by atoms with van der Waals surface area (Å²) in [7, 11) is 0. The van der Waals surface area contributed by atoms with Gasteiger partial charge in [-0.1, -0.05) is 23.7 Å². The quantitative estimate of drug-likeness (QED) is 0.777. The van der Waals surface area contributed by atoms with E-state index in [0.29, 0.717) is 21.8 Å². The van der Waals surface area contributed by atoms with Crippen molar-refractivity contribution in [2.24, 2.45) is 0 Å². The number of thiophene rings is 1. The second-order valence-corrected chi connectivity index (χ2v) is 6.10. The van der Waals surface area contributed by atoms with Gasteiger partial charge in [0, 0.05) is 9.75 Å². The van der Waals surface area contributed by atoms with E-state index in [1.165, 1.54) is 4.88 Å². The molecule has 0 bridgehead atoms. The molecule has 2 aromatic heterocycles. The summed E-state index contributed by atoms with van der Waals surface area (Å²) in [5.74, 6) is 0.390. The molecule has 1 N–H and O–H groups in total. The van der Waals surface area contributed by atoms with Crippen LogP contribution in [0.15, 0.2) is 41.2 Å². The molecule has 0 saturated carbocycles. The number of nitrogens with zero attached hydrogens (tertiary/aromatic N) is 1. The van der Waals surface area contributed by atoms with Crippen molar-refractivity contribution in [1.29, 1.82) is 0 Å². The van der Waals surface area contributed by atoms with Crippen molar-refractivity contribution in [3.05, 3.63) is 62.3 Å². The van der Waals surface area contributed by atoms with E-state index in [9.17, 15) is 4.79 Å². The number of aryl methyl sites for hydroxylation is 1. The Labute approximate surface area is 124 Å². The van der Waals surface area contributed by atoms with Gasteiger partial charge in [-0.2, -0.15) is 0 Å². The van der Waals surface area contributed by atoms with Gasteiger partial charge in [0.2, 0.25) is 0 Å². The number of halogens is 1. The molecule has 0 saturated heterocycles. The lowest BCUT2D eigenvalue weighted by atomic mass is 10.2. The molecular weight excluding hydrogens is 292 g/mol. The van der Waals surface area contributed by atoms with E-state index in [4.69, 9.17) is 11.6 Å². The standard InChI is InChI=1S/C15H11ClN2OS/c1-9-6-7-10(20-9)8-12(16)14-17-13-5-3-2-4-11(13)15(19)18-14/h2-8H,1H3,(H,17,18,19). The minimum absolute atomic E-state index is 0.181. The average Bonchev–Trinajstić information content (AvgIpc) is 2.84. The van der Waals surface area contributed by atoms with Gasteiger partial charge in [-0.05, 0) is 37.3 Å². The normalized spacial score (nSPS) is 12.0. The van der Waals surface area contributed by atoms with Gasteiger partial charge in [0.25, 0.3) is 5.56 Å². The number of para-hydroxylation sites is 1. The molecule has 0 radical (unpaired) electrons. The molecule has 3 aromatic rings. The summed E-state index contributed by atoms with van der Waals surface area (Å²) < 4.78 is 0. The monoisotopic (exact) mass is 302 g/mol. The zero-order chi connectivity index (χ0) is 14.1. The number of hydrogen-bond donors (Lipinski definition) is 1. The Hall–Kier alpha value is -1.91. The van der Waals surface area contributed by atoms with Crippen LogP contribution in [0, 0.1) is 6.92 Å². The van der Waals surface area contributed by atoms with Crippen molar-refractivity contribution in [2.75, 3.05) is 0 Å². The van der Waals surface area contributed by atoms with Gasteiger partial charge in [-0.25, -0.2) is 4.98 Å². The van der Waals surface area contributed by atoms with Crippen LogP contribution in [-0.2, 0) is 0 Å². The highest BCUT2D eigenvalue weighted by atomic mass is 35.5. The van der Waals surface area contributed by atoms with Crippen LogP contribution in [0.3, 0.4) is 0 Å². The molecule has 0 spiro atoms. The summed E-state index contributed by atoms with van der Waals surface area (Å²) in [6.45, 7) is 2.03. The Morgan fingerprint density at radius 1 is 1.30 bits per heavy atom. The van der Waals surface area contributed by atoms with Crippen molar-refractivity contribution in [3.63, 3.8) is 0 Å². The SMILES string of the molecule is Cc1ccc(C=C(Cl)c2nc3ccccc3c(=O)[nH]2)s1. The molecular formula is C15H11ClN2OS. The van der Waals surface area contributed by atoms with Gasteiger partial charge in [-0.15, -0.1) is 11.3 Å². The molecule has 0 aliphatic rings. The average molecular weight is 303 g/mol. The molecule has 5 heteroatoms. The van der Waals surface area contributed by atoms with Gasteiger partial charge in [0.05, 0.1) is 15.9 Å². The minimum Gasteiger partial charge on any atom is -0.305 e. The Bertz CT molecular complexity index is 863. The van der Waals surface area contributed by atoms with Gasteiger partial charge >= 0.3 is 0 Å². The molecule has 20 heavy (non-hydrogen) atoms. The van der Waals surface area contributed by atoms with Crippen LogP contribution in [0.1, 0.15) is 15.6 Å². The third kappa shape index (κ3) is 2.53. The molecule has 0 fully saturated rings. The predicted octanol–water partition coefficient (Wildman–Crippen LogP) is 4.03. The number of aromatic nitrogens is 2. The molecule has 0 aliphatic carbocycles. The highest BCUT2D eigenvalue weighted by Crippen LogP contribution is 2.24. The van der Waals surface area contributed by atoms with E-state index in [0.717, 1.165) is 4.88 Å². The molecule has 3 rings (SSSR count). The van der Waals surface area contributed by atoms with Crippen molar-refractivity contribution in [2.45, 2.75) is 6.92 Å². The summed E-state index contributed by atoms with van der Waals surface area (Å²) in [5.41, 5.74) is 0.458. The second kappa shape index (κ2) is 5.23. The summed E-state index contributed by atoms with van der Waals surface area (Å²) in [5, 5.41) is 0.988. The minimum atomic E-state index is -0.181.